The van der Waals surface area contributed by atoms with Gasteiger partial charge in [0.15, 0.2) is 0 Å². The molecule has 1 nitrogen and oxygen atoms in total. The molecule has 1 saturated carbocycles. The van der Waals surface area contributed by atoms with Gasteiger partial charge in [0.05, 0.1) is 0 Å². The molecular weight excluding hydrogens is 274 g/mol. The van der Waals surface area contributed by atoms with E-state index in [1.54, 1.807) is 0 Å². The summed E-state index contributed by atoms with van der Waals surface area (Å²) in [4.78, 5) is 0. The third-order valence-electron chi connectivity index (χ3n) is 3.58. The van der Waals surface area contributed by atoms with Gasteiger partial charge in [0.2, 0.25) is 0 Å². The summed E-state index contributed by atoms with van der Waals surface area (Å²) in [6.07, 6.45) is 5.22. The maximum absolute atomic E-state index is 5.95. The van der Waals surface area contributed by atoms with Gasteiger partial charge in [-0.3, -0.25) is 0 Å². The molecule has 0 radical (unpaired) electrons. The lowest BCUT2D eigenvalue weighted by Gasteiger charge is -2.17. The summed E-state index contributed by atoms with van der Waals surface area (Å²) in [6.45, 7) is 3.40. The first kappa shape index (κ1) is 15.2. The third-order valence-corrected chi connectivity index (χ3v) is 4.77. The topological polar surface area (TPSA) is 12.0 Å². The largest absolute Gasteiger partial charge is 0.314 e. The standard InChI is InChI=1S/C16H24ClNS/c1-2-19-10-9-14(12-18-16-7-8-16)11-13-3-5-15(17)6-4-13/h3-6,14,16,18H,2,7-12H2,1H3. The molecule has 1 aliphatic carbocycles. The van der Waals surface area contributed by atoms with Crippen LogP contribution < -0.4 is 5.32 Å². The van der Waals surface area contributed by atoms with E-state index in [0.29, 0.717) is 0 Å². The fourth-order valence-corrected chi connectivity index (χ4v) is 3.16. The highest BCUT2D eigenvalue weighted by Crippen LogP contribution is 2.21. The second-order valence-corrected chi connectivity index (χ2v) is 7.20. The van der Waals surface area contributed by atoms with E-state index >= 15 is 0 Å². The van der Waals surface area contributed by atoms with Crippen molar-refractivity contribution in [3.8, 4) is 0 Å². The minimum Gasteiger partial charge on any atom is -0.314 e. The molecule has 0 aromatic heterocycles. The van der Waals surface area contributed by atoms with Gasteiger partial charge in [0, 0.05) is 11.1 Å². The van der Waals surface area contributed by atoms with E-state index in [0.717, 1.165) is 23.5 Å². The van der Waals surface area contributed by atoms with Crippen molar-refractivity contribution in [3.05, 3.63) is 34.9 Å². The van der Waals surface area contributed by atoms with E-state index in [1.165, 1.54) is 42.8 Å². The molecule has 1 unspecified atom stereocenters. The van der Waals surface area contributed by atoms with Crippen LogP contribution in [0, 0.1) is 5.92 Å². The number of hydrogen-bond acceptors (Lipinski definition) is 2. The molecule has 19 heavy (non-hydrogen) atoms. The molecule has 0 amide bonds. The molecule has 3 heteroatoms. The van der Waals surface area contributed by atoms with E-state index in [2.05, 4.69) is 36.1 Å². The van der Waals surface area contributed by atoms with Crippen molar-refractivity contribution in [2.45, 2.75) is 38.6 Å². The smallest absolute Gasteiger partial charge is 0.0406 e. The molecule has 2 rings (SSSR count). The number of halogens is 1. The number of benzene rings is 1. The van der Waals surface area contributed by atoms with E-state index in [-0.39, 0.29) is 0 Å². The Bertz CT molecular complexity index is 362. The minimum absolute atomic E-state index is 0.751. The van der Waals surface area contributed by atoms with Crippen molar-refractivity contribution in [2.75, 3.05) is 18.1 Å². The molecule has 1 N–H and O–H groups in total. The van der Waals surface area contributed by atoms with Crippen molar-refractivity contribution in [1.29, 1.82) is 0 Å². The zero-order chi connectivity index (χ0) is 13.5. The van der Waals surface area contributed by atoms with Crippen molar-refractivity contribution in [1.82, 2.24) is 5.32 Å². The summed E-state index contributed by atoms with van der Waals surface area (Å²) in [7, 11) is 0. The zero-order valence-corrected chi connectivity index (χ0v) is 13.3. The Balaban J connectivity index is 1.81. The van der Waals surface area contributed by atoms with Crippen LogP contribution >= 0.6 is 23.4 Å². The Morgan fingerprint density at radius 2 is 2.05 bits per heavy atom. The van der Waals surface area contributed by atoms with E-state index in [1.807, 2.05) is 12.1 Å². The number of hydrogen-bond donors (Lipinski definition) is 1. The monoisotopic (exact) mass is 297 g/mol. The maximum Gasteiger partial charge on any atom is 0.0406 e. The highest BCUT2D eigenvalue weighted by molar-refractivity contribution is 7.99. The number of nitrogens with one attached hydrogen (secondary N) is 1. The lowest BCUT2D eigenvalue weighted by Crippen LogP contribution is -2.26. The van der Waals surface area contributed by atoms with Gasteiger partial charge in [0.1, 0.15) is 0 Å². The molecule has 0 bridgehead atoms. The van der Waals surface area contributed by atoms with Crippen molar-refractivity contribution in [2.24, 2.45) is 5.92 Å². The Kier molecular flexibility index (Phi) is 6.55. The molecular formula is C16H24ClNS. The Labute approximate surface area is 126 Å². The highest BCUT2D eigenvalue weighted by Gasteiger charge is 2.21. The second-order valence-electron chi connectivity index (χ2n) is 5.36. The van der Waals surface area contributed by atoms with Crippen molar-refractivity contribution < 1.29 is 0 Å². The first-order chi connectivity index (χ1) is 9.28. The highest BCUT2D eigenvalue weighted by atomic mass is 35.5. The van der Waals surface area contributed by atoms with Crippen LogP contribution in [-0.4, -0.2) is 24.1 Å². The average Bonchev–Trinajstić information content (AvgIpc) is 3.23. The van der Waals surface area contributed by atoms with Crippen LogP contribution in [0.2, 0.25) is 5.02 Å². The van der Waals surface area contributed by atoms with Gasteiger partial charge in [0.25, 0.3) is 0 Å². The summed E-state index contributed by atoms with van der Waals surface area (Å²) in [5.41, 5.74) is 1.41. The van der Waals surface area contributed by atoms with Gasteiger partial charge >= 0.3 is 0 Å². The average molecular weight is 298 g/mol. The molecule has 0 spiro atoms. The molecule has 0 aliphatic heterocycles. The van der Waals surface area contributed by atoms with Crippen LogP contribution in [0.1, 0.15) is 31.7 Å². The lowest BCUT2D eigenvalue weighted by atomic mass is 9.97. The molecule has 0 heterocycles. The predicted molar refractivity (Wildman–Crippen MR) is 87.3 cm³/mol. The fraction of sp³-hybridized carbons (Fsp3) is 0.625. The summed E-state index contributed by atoms with van der Waals surface area (Å²) < 4.78 is 0. The molecule has 0 saturated heterocycles. The first-order valence-corrected chi connectivity index (χ1v) is 8.86. The summed E-state index contributed by atoms with van der Waals surface area (Å²) in [5, 5.41) is 4.51. The number of rotatable bonds is 9. The van der Waals surface area contributed by atoms with Crippen LogP contribution in [0.5, 0.6) is 0 Å². The maximum atomic E-state index is 5.95. The molecule has 1 fully saturated rings. The summed E-state index contributed by atoms with van der Waals surface area (Å²) in [6, 6.07) is 9.15. The molecule has 106 valence electrons. The van der Waals surface area contributed by atoms with Gasteiger partial charge in [-0.1, -0.05) is 30.7 Å². The van der Waals surface area contributed by atoms with Gasteiger partial charge in [-0.2, -0.15) is 11.8 Å². The molecule has 1 aliphatic rings. The van der Waals surface area contributed by atoms with E-state index in [9.17, 15) is 0 Å². The van der Waals surface area contributed by atoms with Gasteiger partial charge in [-0.15, -0.1) is 0 Å². The Morgan fingerprint density at radius 1 is 1.32 bits per heavy atom. The fourth-order valence-electron chi connectivity index (χ4n) is 2.25. The van der Waals surface area contributed by atoms with Crippen LogP contribution in [0.3, 0.4) is 0 Å². The quantitative estimate of drug-likeness (QED) is 0.678. The van der Waals surface area contributed by atoms with E-state index < -0.39 is 0 Å². The van der Waals surface area contributed by atoms with Gasteiger partial charge < -0.3 is 5.32 Å². The first-order valence-electron chi connectivity index (χ1n) is 7.33. The number of thioether (sulfide) groups is 1. The van der Waals surface area contributed by atoms with Crippen molar-refractivity contribution in [3.63, 3.8) is 0 Å². The molecule has 1 aromatic carbocycles. The summed E-state index contributed by atoms with van der Waals surface area (Å²) >= 11 is 8.00. The van der Waals surface area contributed by atoms with E-state index in [4.69, 9.17) is 11.6 Å². The lowest BCUT2D eigenvalue weighted by molar-refractivity contribution is 0.461. The van der Waals surface area contributed by atoms with Crippen molar-refractivity contribution >= 4 is 23.4 Å². The predicted octanol–water partition coefficient (Wildman–Crippen LogP) is 4.39. The Morgan fingerprint density at radius 3 is 2.68 bits per heavy atom. The Hall–Kier alpha value is -0.180. The molecule has 1 atom stereocenters. The third kappa shape index (κ3) is 6.20. The minimum atomic E-state index is 0.751. The van der Waals surface area contributed by atoms with Crippen LogP contribution in [0.25, 0.3) is 0 Å². The SMILES string of the molecule is CCSCCC(CNC1CC1)Cc1ccc(Cl)cc1. The summed E-state index contributed by atoms with van der Waals surface area (Å²) in [5.74, 6) is 3.26. The zero-order valence-electron chi connectivity index (χ0n) is 11.7. The van der Waals surface area contributed by atoms with Crippen LogP contribution in [0.4, 0.5) is 0 Å². The molecule has 1 aromatic rings. The normalized spacial score (nSPS) is 16.5. The van der Waals surface area contributed by atoms with Gasteiger partial charge in [-0.25, -0.2) is 0 Å². The second kappa shape index (κ2) is 8.18. The van der Waals surface area contributed by atoms with Gasteiger partial charge in [-0.05, 0) is 67.3 Å². The van der Waals surface area contributed by atoms with Crippen LogP contribution in [-0.2, 0) is 6.42 Å². The van der Waals surface area contributed by atoms with Crippen LogP contribution in [0.15, 0.2) is 24.3 Å².